The van der Waals surface area contributed by atoms with E-state index in [0.29, 0.717) is 19.4 Å². The van der Waals surface area contributed by atoms with Crippen LogP contribution in [0, 0.1) is 0 Å². The van der Waals surface area contributed by atoms with Crippen LogP contribution in [0.25, 0.3) is 0 Å². The number of carbonyl (C=O) groups excluding carboxylic acids is 2. The standard InChI is InChI=1S/C16H23NO3/c1-3-13-11-12(6-9-15(13)17)5-7-14(18)8-10-16(19)20-4-2/h6,9,11H,3-5,7-8,10,17H2,1-2H3. The Kier molecular flexibility index (Phi) is 6.77. The molecular weight excluding hydrogens is 254 g/mol. The maximum atomic E-state index is 11.7. The average Bonchev–Trinajstić information content (AvgIpc) is 2.44. The molecule has 1 aromatic carbocycles. The van der Waals surface area contributed by atoms with Crippen molar-refractivity contribution in [3.63, 3.8) is 0 Å². The number of hydrogen-bond donors (Lipinski definition) is 1. The molecule has 20 heavy (non-hydrogen) atoms. The number of nitrogen functional groups attached to an aromatic ring is 1. The van der Waals surface area contributed by atoms with Crippen molar-refractivity contribution in [2.24, 2.45) is 0 Å². The van der Waals surface area contributed by atoms with Gasteiger partial charge in [0.15, 0.2) is 0 Å². The topological polar surface area (TPSA) is 69.4 Å². The number of rotatable bonds is 8. The van der Waals surface area contributed by atoms with E-state index >= 15 is 0 Å². The molecule has 110 valence electrons. The Labute approximate surface area is 120 Å². The summed E-state index contributed by atoms with van der Waals surface area (Å²) in [6.07, 6.45) is 2.46. The van der Waals surface area contributed by atoms with Gasteiger partial charge in [-0.15, -0.1) is 0 Å². The first kappa shape index (κ1) is 16.2. The highest BCUT2D eigenvalue weighted by Crippen LogP contribution is 2.16. The van der Waals surface area contributed by atoms with Gasteiger partial charge in [0.2, 0.25) is 0 Å². The van der Waals surface area contributed by atoms with Crippen LogP contribution in [-0.2, 0) is 27.2 Å². The van der Waals surface area contributed by atoms with Crippen LogP contribution in [0.5, 0.6) is 0 Å². The van der Waals surface area contributed by atoms with Gasteiger partial charge in [-0.1, -0.05) is 19.1 Å². The minimum atomic E-state index is -0.304. The zero-order chi connectivity index (χ0) is 15.0. The molecule has 0 unspecified atom stereocenters. The predicted molar refractivity (Wildman–Crippen MR) is 79.4 cm³/mol. The van der Waals surface area contributed by atoms with Gasteiger partial charge in [0.1, 0.15) is 5.78 Å². The number of carbonyl (C=O) groups is 2. The zero-order valence-electron chi connectivity index (χ0n) is 12.3. The van der Waals surface area contributed by atoms with E-state index in [1.807, 2.05) is 18.2 Å². The van der Waals surface area contributed by atoms with E-state index in [4.69, 9.17) is 10.5 Å². The van der Waals surface area contributed by atoms with Crippen molar-refractivity contribution >= 4 is 17.4 Å². The third-order valence-electron chi connectivity index (χ3n) is 3.19. The predicted octanol–water partition coefficient (Wildman–Crippen LogP) is 2.68. The molecule has 0 saturated heterocycles. The molecule has 1 rings (SSSR count). The molecule has 1 aromatic rings. The number of esters is 1. The molecule has 0 atom stereocenters. The smallest absolute Gasteiger partial charge is 0.306 e. The van der Waals surface area contributed by atoms with Crippen LogP contribution in [0.3, 0.4) is 0 Å². The number of anilines is 1. The molecule has 0 aliphatic heterocycles. The fourth-order valence-electron chi connectivity index (χ4n) is 2.00. The second-order valence-corrected chi connectivity index (χ2v) is 4.73. The first-order chi connectivity index (χ1) is 9.56. The van der Waals surface area contributed by atoms with Gasteiger partial charge >= 0.3 is 5.97 Å². The number of ketones is 1. The normalized spacial score (nSPS) is 10.3. The summed E-state index contributed by atoms with van der Waals surface area (Å²) in [6, 6.07) is 5.89. The SMILES string of the molecule is CCOC(=O)CCC(=O)CCc1ccc(N)c(CC)c1. The lowest BCUT2D eigenvalue weighted by molar-refractivity contribution is -0.144. The van der Waals surface area contributed by atoms with Gasteiger partial charge in [0.25, 0.3) is 0 Å². The first-order valence-electron chi connectivity index (χ1n) is 7.11. The summed E-state index contributed by atoms with van der Waals surface area (Å²) in [5.74, 6) is -0.213. The molecule has 0 saturated carbocycles. The molecule has 0 aliphatic rings. The molecule has 0 aromatic heterocycles. The molecule has 0 amide bonds. The maximum absolute atomic E-state index is 11.7. The summed E-state index contributed by atoms with van der Waals surface area (Å²) >= 11 is 0. The lowest BCUT2D eigenvalue weighted by atomic mass is 10.0. The highest BCUT2D eigenvalue weighted by atomic mass is 16.5. The molecule has 4 heteroatoms. The second-order valence-electron chi connectivity index (χ2n) is 4.73. The minimum absolute atomic E-state index is 0.0907. The molecule has 0 radical (unpaired) electrons. The largest absolute Gasteiger partial charge is 0.466 e. The van der Waals surface area contributed by atoms with Gasteiger partial charge < -0.3 is 10.5 Å². The van der Waals surface area contributed by atoms with E-state index in [1.165, 1.54) is 0 Å². The quantitative estimate of drug-likeness (QED) is 0.586. The molecule has 0 aliphatic carbocycles. The Morgan fingerprint density at radius 2 is 1.90 bits per heavy atom. The van der Waals surface area contributed by atoms with Crippen molar-refractivity contribution in [1.29, 1.82) is 0 Å². The summed E-state index contributed by atoms with van der Waals surface area (Å²) in [7, 11) is 0. The molecular formula is C16H23NO3. The van der Waals surface area contributed by atoms with Crippen LogP contribution < -0.4 is 5.73 Å². The molecule has 0 heterocycles. The van der Waals surface area contributed by atoms with Gasteiger partial charge in [-0.2, -0.15) is 0 Å². The minimum Gasteiger partial charge on any atom is -0.466 e. The van der Waals surface area contributed by atoms with Gasteiger partial charge in [-0.3, -0.25) is 9.59 Å². The van der Waals surface area contributed by atoms with E-state index in [1.54, 1.807) is 6.92 Å². The third kappa shape index (κ3) is 5.43. The van der Waals surface area contributed by atoms with Crippen LogP contribution in [-0.4, -0.2) is 18.4 Å². The van der Waals surface area contributed by atoms with Crippen molar-refractivity contribution in [3.05, 3.63) is 29.3 Å². The van der Waals surface area contributed by atoms with Crippen LogP contribution in [0.15, 0.2) is 18.2 Å². The molecule has 4 nitrogen and oxygen atoms in total. The van der Waals surface area contributed by atoms with Gasteiger partial charge in [-0.25, -0.2) is 0 Å². The van der Waals surface area contributed by atoms with Crippen molar-refractivity contribution in [2.75, 3.05) is 12.3 Å². The highest BCUT2D eigenvalue weighted by Gasteiger charge is 2.08. The van der Waals surface area contributed by atoms with E-state index in [-0.39, 0.29) is 24.6 Å². The van der Waals surface area contributed by atoms with Crippen molar-refractivity contribution < 1.29 is 14.3 Å². The number of hydrogen-bond acceptors (Lipinski definition) is 4. The van der Waals surface area contributed by atoms with Gasteiger partial charge in [-0.05, 0) is 37.0 Å². The van der Waals surface area contributed by atoms with Crippen LogP contribution >= 0.6 is 0 Å². The number of Topliss-reactive ketones (excluding diaryl/α,β-unsaturated/α-hetero) is 1. The van der Waals surface area contributed by atoms with Crippen molar-refractivity contribution in [1.82, 2.24) is 0 Å². The second kappa shape index (κ2) is 8.35. The fourth-order valence-corrected chi connectivity index (χ4v) is 2.00. The Bertz CT molecular complexity index is 469. The molecule has 0 spiro atoms. The van der Waals surface area contributed by atoms with E-state index in [2.05, 4.69) is 6.92 Å². The fraction of sp³-hybridized carbons (Fsp3) is 0.500. The summed E-state index contributed by atoms with van der Waals surface area (Å²) in [5.41, 5.74) is 8.87. The third-order valence-corrected chi connectivity index (χ3v) is 3.19. The van der Waals surface area contributed by atoms with Crippen LogP contribution in [0.2, 0.25) is 0 Å². The summed E-state index contributed by atoms with van der Waals surface area (Å²) < 4.78 is 4.79. The van der Waals surface area contributed by atoms with E-state index in [9.17, 15) is 9.59 Å². The summed E-state index contributed by atoms with van der Waals surface area (Å²) in [5, 5.41) is 0. The lowest BCUT2D eigenvalue weighted by Crippen LogP contribution is -2.08. The van der Waals surface area contributed by atoms with Crippen molar-refractivity contribution in [3.8, 4) is 0 Å². The van der Waals surface area contributed by atoms with E-state index < -0.39 is 0 Å². The monoisotopic (exact) mass is 277 g/mol. The van der Waals surface area contributed by atoms with E-state index in [0.717, 1.165) is 23.2 Å². The zero-order valence-corrected chi connectivity index (χ0v) is 12.3. The van der Waals surface area contributed by atoms with Crippen LogP contribution in [0.1, 0.15) is 44.2 Å². The molecule has 0 fully saturated rings. The van der Waals surface area contributed by atoms with Crippen molar-refractivity contribution in [2.45, 2.75) is 46.0 Å². The number of benzene rings is 1. The van der Waals surface area contributed by atoms with Crippen LogP contribution in [0.4, 0.5) is 5.69 Å². The number of nitrogens with two attached hydrogens (primary N) is 1. The van der Waals surface area contributed by atoms with Gasteiger partial charge in [0.05, 0.1) is 13.0 Å². The summed E-state index contributed by atoms with van der Waals surface area (Å²) in [6.45, 7) is 4.17. The summed E-state index contributed by atoms with van der Waals surface area (Å²) in [4.78, 5) is 22.9. The highest BCUT2D eigenvalue weighted by molar-refractivity contribution is 5.83. The first-order valence-corrected chi connectivity index (χ1v) is 7.11. The lowest BCUT2D eigenvalue weighted by Gasteiger charge is -2.07. The number of aryl methyl sites for hydroxylation is 2. The Morgan fingerprint density at radius 1 is 1.15 bits per heavy atom. The number of ether oxygens (including phenoxy) is 1. The van der Waals surface area contributed by atoms with Gasteiger partial charge in [0, 0.05) is 18.5 Å². The molecule has 2 N–H and O–H groups in total. The Hall–Kier alpha value is -1.84. The average molecular weight is 277 g/mol. The Morgan fingerprint density at radius 3 is 2.55 bits per heavy atom. The maximum Gasteiger partial charge on any atom is 0.306 e. The molecule has 0 bridgehead atoms. The Balaban J connectivity index is 2.39.